The quantitative estimate of drug-likeness (QED) is 0.268. The second kappa shape index (κ2) is 10.9. The molecule has 0 aliphatic rings. The van der Waals surface area contributed by atoms with Crippen molar-refractivity contribution in [1.82, 2.24) is 14.4 Å². The fourth-order valence-corrected chi connectivity index (χ4v) is 4.89. The third kappa shape index (κ3) is 7.05. The molecule has 13 heteroatoms. The molecule has 0 saturated carbocycles. The van der Waals surface area contributed by atoms with Crippen LogP contribution in [0.15, 0.2) is 53.4 Å². The number of rotatable bonds is 5. The van der Waals surface area contributed by atoms with Crippen molar-refractivity contribution < 1.29 is 37.0 Å². The second-order valence-corrected chi connectivity index (χ2v) is 12.1. The predicted octanol–water partition coefficient (Wildman–Crippen LogP) is 4.63. The monoisotopic (exact) mass is 560 g/mol. The average Bonchev–Trinajstić information content (AvgIpc) is 3.21. The van der Waals surface area contributed by atoms with E-state index in [0.717, 1.165) is 8.98 Å². The number of hydrogen-bond donors (Lipinski definition) is 1. The minimum atomic E-state index is -4.25. The van der Waals surface area contributed by atoms with Gasteiger partial charge in [0.2, 0.25) is 0 Å². The first-order chi connectivity index (χ1) is 18.0. The zero-order chi connectivity index (χ0) is 29.2. The van der Waals surface area contributed by atoms with Crippen LogP contribution in [0.1, 0.15) is 59.0 Å². The van der Waals surface area contributed by atoms with Gasteiger partial charge in [-0.3, -0.25) is 0 Å². The van der Waals surface area contributed by atoms with Crippen molar-refractivity contribution in [3.8, 4) is 0 Å². The van der Waals surface area contributed by atoms with Crippen LogP contribution in [0.2, 0.25) is 0 Å². The Balaban J connectivity index is 2.18. The number of aromatic nitrogens is 2. The van der Waals surface area contributed by atoms with Gasteiger partial charge in [-0.05, 0) is 78.8 Å². The van der Waals surface area contributed by atoms with Crippen molar-refractivity contribution in [2.45, 2.75) is 64.6 Å². The summed E-state index contributed by atoms with van der Waals surface area (Å²) >= 11 is 0. The number of carbonyl (C=O) groups excluding carboxylic acids is 3. The van der Waals surface area contributed by atoms with Crippen molar-refractivity contribution in [2.24, 2.45) is 0 Å². The third-order valence-electron chi connectivity index (χ3n) is 4.77. The van der Waals surface area contributed by atoms with E-state index in [0.29, 0.717) is 0 Å². The zero-order valence-electron chi connectivity index (χ0n) is 22.8. The molecule has 2 amide bonds. The Morgan fingerprint density at radius 1 is 0.949 bits per heavy atom. The largest absolute Gasteiger partial charge is 0.461 e. The lowest BCUT2D eigenvalue weighted by molar-refractivity contribution is 0.0424. The number of nitrogens with one attached hydrogen (secondary N) is 1. The molecule has 1 N–H and O–H groups in total. The van der Waals surface area contributed by atoms with Crippen LogP contribution >= 0.6 is 0 Å². The van der Waals surface area contributed by atoms with E-state index in [-0.39, 0.29) is 34.0 Å². The van der Waals surface area contributed by atoms with E-state index in [1.807, 2.05) is 0 Å². The van der Waals surface area contributed by atoms with Gasteiger partial charge in [-0.25, -0.2) is 37.2 Å². The van der Waals surface area contributed by atoms with Crippen LogP contribution in [0.3, 0.4) is 0 Å². The Hall–Kier alpha value is -4.13. The van der Waals surface area contributed by atoms with Crippen LogP contribution in [0.4, 0.5) is 15.4 Å². The van der Waals surface area contributed by atoms with Crippen molar-refractivity contribution in [3.05, 3.63) is 54.2 Å². The summed E-state index contributed by atoms with van der Waals surface area (Å²) in [7, 11) is -4.25. The number of anilines is 1. The highest BCUT2D eigenvalue weighted by atomic mass is 32.2. The Morgan fingerprint density at radius 3 is 2.13 bits per heavy atom. The topological polar surface area (TPSA) is 146 Å². The molecule has 0 unspecified atom stereocenters. The number of nitrogens with zero attached hydrogens (tertiary/aromatic N) is 3. The number of esters is 1. The van der Waals surface area contributed by atoms with Crippen molar-refractivity contribution in [2.75, 3.05) is 11.6 Å². The minimum Gasteiger partial charge on any atom is -0.461 e. The lowest BCUT2D eigenvalue weighted by atomic mass is 10.2. The molecule has 0 aliphatic heterocycles. The SMILES string of the molecule is CCOC(=O)c1cc2nc(N(NC(=O)OC(C)(C)C)C(=O)OC(C)(C)C)ccc2n1S(=O)(=O)c1ccccc1. The molecule has 3 rings (SSSR count). The van der Waals surface area contributed by atoms with Gasteiger partial charge in [0, 0.05) is 0 Å². The van der Waals surface area contributed by atoms with E-state index < -0.39 is 39.4 Å². The molecule has 2 heterocycles. The Morgan fingerprint density at radius 2 is 1.56 bits per heavy atom. The van der Waals surface area contributed by atoms with Gasteiger partial charge in [-0.2, -0.15) is 5.01 Å². The van der Waals surface area contributed by atoms with Gasteiger partial charge in [0.1, 0.15) is 16.9 Å². The molecule has 12 nitrogen and oxygen atoms in total. The molecule has 210 valence electrons. The first-order valence-corrected chi connectivity index (χ1v) is 13.5. The van der Waals surface area contributed by atoms with E-state index in [1.54, 1.807) is 66.7 Å². The first-order valence-electron chi connectivity index (χ1n) is 12.1. The maximum absolute atomic E-state index is 13.6. The number of fused-ring (bicyclic) bond motifs is 1. The van der Waals surface area contributed by atoms with Gasteiger partial charge >= 0.3 is 18.2 Å². The molecular weight excluding hydrogens is 528 g/mol. The van der Waals surface area contributed by atoms with Crippen molar-refractivity contribution >= 4 is 45.0 Å². The molecule has 1 aromatic carbocycles. The lowest BCUT2D eigenvalue weighted by Crippen LogP contribution is -2.50. The van der Waals surface area contributed by atoms with Gasteiger partial charge in [0.25, 0.3) is 10.0 Å². The molecule has 39 heavy (non-hydrogen) atoms. The van der Waals surface area contributed by atoms with E-state index in [9.17, 15) is 22.8 Å². The maximum atomic E-state index is 13.6. The summed E-state index contributed by atoms with van der Waals surface area (Å²) in [6.07, 6.45) is -1.92. The summed E-state index contributed by atoms with van der Waals surface area (Å²) in [5.41, 5.74) is 0.333. The van der Waals surface area contributed by atoms with Crippen LogP contribution in [-0.2, 0) is 24.2 Å². The third-order valence-corrected chi connectivity index (χ3v) is 6.51. The highest BCUT2D eigenvalue weighted by molar-refractivity contribution is 7.90. The molecular formula is C26H32N4O8S. The van der Waals surface area contributed by atoms with Gasteiger partial charge in [-0.15, -0.1) is 0 Å². The summed E-state index contributed by atoms with van der Waals surface area (Å²) in [6, 6.07) is 11.5. The summed E-state index contributed by atoms with van der Waals surface area (Å²) < 4.78 is 43.7. The standard InChI is InChI=1S/C26H32N4O8S/c1-8-36-22(31)20-16-18-19(30(20)39(34,35)17-12-10-9-11-13-17)14-15-21(27-18)29(24(33)38-26(5,6)7)28-23(32)37-25(2,3)4/h9-16H,8H2,1-7H3,(H,28,32). The number of amides is 2. The fourth-order valence-electron chi connectivity index (χ4n) is 3.38. The number of ether oxygens (including phenoxy) is 3. The molecule has 0 saturated heterocycles. The van der Waals surface area contributed by atoms with Gasteiger partial charge in [0.05, 0.1) is 22.5 Å². The molecule has 0 bridgehead atoms. The van der Waals surface area contributed by atoms with E-state index in [1.165, 1.54) is 30.3 Å². The highest BCUT2D eigenvalue weighted by Crippen LogP contribution is 2.28. The number of hydrazine groups is 1. The molecule has 0 atom stereocenters. The molecule has 0 fully saturated rings. The maximum Gasteiger partial charge on any atom is 0.435 e. The van der Waals surface area contributed by atoms with Crippen LogP contribution in [-0.4, -0.2) is 53.3 Å². The second-order valence-electron chi connectivity index (χ2n) is 10.3. The Bertz CT molecular complexity index is 1490. The molecule has 2 aromatic heterocycles. The summed E-state index contributed by atoms with van der Waals surface area (Å²) in [5.74, 6) is -1.00. The summed E-state index contributed by atoms with van der Waals surface area (Å²) in [6.45, 7) is 11.5. The van der Waals surface area contributed by atoms with E-state index >= 15 is 0 Å². The zero-order valence-corrected chi connectivity index (χ0v) is 23.7. The number of carbonyl (C=O) groups is 3. The van der Waals surface area contributed by atoms with Crippen molar-refractivity contribution in [1.29, 1.82) is 0 Å². The van der Waals surface area contributed by atoms with E-state index in [4.69, 9.17) is 14.2 Å². The van der Waals surface area contributed by atoms with Crippen LogP contribution in [0, 0.1) is 0 Å². The number of pyridine rings is 1. The Kier molecular flexibility index (Phi) is 8.24. The smallest absolute Gasteiger partial charge is 0.435 e. The van der Waals surface area contributed by atoms with Crippen LogP contribution < -0.4 is 10.4 Å². The van der Waals surface area contributed by atoms with Gasteiger partial charge < -0.3 is 14.2 Å². The average molecular weight is 561 g/mol. The number of benzene rings is 1. The molecule has 3 aromatic rings. The van der Waals surface area contributed by atoms with Crippen LogP contribution in [0.5, 0.6) is 0 Å². The lowest BCUT2D eigenvalue weighted by Gasteiger charge is -2.28. The molecule has 0 spiro atoms. The normalized spacial score (nSPS) is 12.1. The van der Waals surface area contributed by atoms with Crippen molar-refractivity contribution in [3.63, 3.8) is 0 Å². The summed E-state index contributed by atoms with van der Waals surface area (Å²) in [5, 5.41) is 0.742. The Labute approximate surface area is 226 Å². The fraction of sp³-hybridized carbons (Fsp3) is 0.385. The van der Waals surface area contributed by atoms with Gasteiger partial charge in [-0.1, -0.05) is 18.2 Å². The molecule has 0 aliphatic carbocycles. The van der Waals surface area contributed by atoms with E-state index in [2.05, 4.69) is 10.4 Å². The minimum absolute atomic E-state index is 0.0106. The van der Waals surface area contributed by atoms with Crippen LogP contribution in [0.25, 0.3) is 11.0 Å². The number of hydrogen-bond acceptors (Lipinski definition) is 9. The predicted molar refractivity (Wildman–Crippen MR) is 143 cm³/mol. The first kappa shape index (κ1) is 29.4. The highest BCUT2D eigenvalue weighted by Gasteiger charge is 2.31. The summed E-state index contributed by atoms with van der Waals surface area (Å²) in [4.78, 5) is 42.6. The molecule has 0 radical (unpaired) electrons. The van der Waals surface area contributed by atoms with Gasteiger partial charge in [0.15, 0.2) is 5.82 Å².